The molecule has 19 heavy (non-hydrogen) atoms. The lowest BCUT2D eigenvalue weighted by atomic mass is 9.84. The number of hydrogen-bond acceptors (Lipinski definition) is 3. The van der Waals surface area contributed by atoms with E-state index in [1.54, 1.807) is 0 Å². The van der Waals surface area contributed by atoms with Gasteiger partial charge in [-0.2, -0.15) is 0 Å². The summed E-state index contributed by atoms with van der Waals surface area (Å²) >= 11 is 0. The van der Waals surface area contributed by atoms with Crippen LogP contribution in [0.3, 0.4) is 0 Å². The predicted octanol–water partition coefficient (Wildman–Crippen LogP) is 1.59. The van der Waals surface area contributed by atoms with E-state index in [0.717, 1.165) is 44.9 Å². The molecule has 0 radical (unpaired) electrons. The van der Waals surface area contributed by atoms with Crippen LogP contribution in [0.1, 0.15) is 51.4 Å². The molecular formula is C14H27ClN2O2. The first-order chi connectivity index (χ1) is 8.66. The van der Waals surface area contributed by atoms with E-state index in [-0.39, 0.29) is 42.3 Å². The molecule has 0 saturated heterocycles. The smallest absolute Gasteiger partial charge is 0.223 e. The highest BCUT2D eigenvalue weighted by Gasteiger charge is 2.27. The molecule has 0 bridgehead atoms. The third kappa shape index (κ3) is 4.93. The highest BCUT2D eigenvalue weighted by atomic mass is 35.5. The van der Waals surface area contributed by atoms with Crippen LogP contribution in [0.25, 0.3) is 0 Å². The second-order valence-electron chi connectivity index (χ2n) is 5.98. The monoisotopic (exact) mass is 290 g/mol. The number of amides is 1. The van der Waals surface area contributed by atoms with Crippen LogP contribution in [0, 0.1) is 11.8 Å². The minimum atomic E-state index is -0.229. The van der Waals surface area contributed by atoms with Gasteiger partial charge in [0.1, 0.15) is 0 Å². The largest absolute Gasteiger partial charge is 0.393 e. The number of aliphatic hydroxyl groups is 1. The first-order valence-electron chi connectivity index (χ1n) is 7.38. The molecule has 4 unspecified atom stereocenters. The Morgan fingerprint density at radius 3 is 2.58 bits per heavy atom. The average molecular weight is 291 g/mol. The number of rotatable bonds is 3. The zero-order valence-corrected chi connectivity index (χ0v) is 12.3. The van der Waals surface area contributed by atoms with Gasteiger partial charge < -0.3 is 16.2 Å². The molecule has 4 nitrogen and oxygen atoms in total. The van der Waals surface area contributed by atoms with Crippen molar-refractivity contribution in [1.82, 2.24) is 5.32 Å². The van der Waals surface area contributed by atoms with Crippen molar-refractivity contribution >= 4 is 18.3 Å². The summed E-state index contributed by atoms with van der Waals surface area (Å²) in [4.78, 5) is 12.0. The Morgan fingerprint density at radius 1 is 1.16 bits per heavy atom. The summed E-state index contributed by atoms with van der Waals surface area (Å²) < 4.78 is 0. The molecule has 2 fully saturated rings. The highest BCUT2D eigenvalue weighted by Crippen LogP contribution is 2.25. The number of nitrogens with two attached hydrogens (primary N) is 1. The zero-order valence-electron chi connectivity index (χ0n) is 11.5. The minimum absolute atomic E-state index is 0. The normalized spacial score (nSPS) is 35.3. The lowest BCUT2D eigenvalue weighted by Crippen LogP contribution is -2.42. The number of aliphatic hydroxyl groups excluding tert-OH is 1. The number of hydrogen-bond donors (Lipinski definition) is 3. The summed E-state index contributed by atoms with van der Waals surface area (Å²) in [5, 5.41) is 12.9. The van der Waals surface area contributed by atoms with Gasteiger partial charge in [0.15, 0.2) is 0 Å². The average Bonchev–Trinajstić information content (AvgIpc) is 2.37. The summed E-state index contributed by atoms with van der Waals surface area (Å²) in [6, 6.07) is 0.190. The van der Waals surface area contributed by atoms with Crippen molar-refractivity contribution < 1.29 is 9.90 Å². The Morgan fingerprint density at radius 2 is 1.89 bits per heavy atom. The van der Waals surface area contributed by atoms with Crippen molar-refractivity contribution in [3.63, 3.8) is 0 Å². The zero-order chi connectivity index (χ0) is 13.0. The lowest BCUT2D eigenvalue weighted by Gasteiger charge is -2.30. The fourth-order valence-electron chi connectivity index (χ4n) is 3.27. The molecule has 1 amide bonds. The first-order valence-corrected chi connectivity index (χ1v) is 7.38. The highest BCUT2D eigenvalue weighted by molar-refractivity contribution is 5.85. The van der Waals surface area contributed by atoms with Crippen LogP contribution < -0.4 is 11.1 Å². The minimum Gasteiger partial charge on any atom is -0.393 e. The van der Waals surface area contributed by atoms with E-state index >= 15 is 0 Å². The number of halogens is 1. The quantitative estimate of drug-likeness (QED) is 0.739. The van der Waals surface area contributed by atoms with E-state index in [1.165, 1.54) is 6.42 Å². The van der Waals surface area contributed by atoms with E-state index in [1.807, 2.05) is 0 Å². The molecule has 0 aromatic heterocycles. The van der Waals surface area contributed by atoms with Gasteiger partial charge in [-0.1, -0.05) is 19.3 Å². The maximum Gasteiger partial charge on any atom is 0.223 e. The van der Waals surface area contributed by atoms with Crippen LogP contribution in [0.4, 0.5) is 0 Å². The van der Waals surface area contributed by atoms with Gasteiger partial charge in [-0.15, -0.1) is 12.4 Å². The van der Waals surface area contributed by atoms with Crippen LogP contribution in [0.2, 0.25) is 0 Å². The van der Waals surface area contributed by atoms with Gasteiger partial charge in [0.05, 0.1) is 6.10 Å². The molecule has 2 aliphatic carbocycles. The third-order valence-corrected chi connectivity index (χ3v) is 4.49. The molecule has 5 heteroatoms. The molecule has 2 aliphatic rings. The Balaban J connectivity index is 0.00000180. The predicted molar refractivity (Wildman–Crippen MR) is 78.2 cm³/mol. The third-order valence-electron chi connectivity index (χ3n) is 4.49. The molecule has 0 heterocycles. The Bertz CT molecular complexity index is 289. The maximum atomic E-state index is 12.0. The van der Waals surface area contributed by atoms with E-state index in [9.17, 15) is 9.90 Å². The molecule has 0 aromatic rings. The van der Waals surface area contributed by atoms with E-state index in [0.29, 0.717) is 6.54 Å². The summed E-state index contributed by atoms with van der Waals surface area (Å²) in [5.41, 5.74) is 5.90. The summed E-state index contributed by atoms with van der Waals surface area (Å²) in [7, 11) is 0. The second-order valence-corrected chi connectivity index (χ2v) is 5.98. The van der Waals surface area contributed by atoms with Crippen molar-refractivity contribution in [3.8, 4) is 0 Å². The van der Waals surface area contributed by atoms with Crippen LogP contribution in [-0.4, -0.2) is 29.7 Å². The Labute approximate surface area is 121 Å². The molecular weight excluding hydrogens is 264 g/mol. The summed E-state index contributed by atoms with van der Waals surface area (Å²) in [6.07, 6.45) is 7.87. The van der Waals surface area contributed by atoms with Gasteiger partial charge in [-0.05, 0) is 32.1 Å². The van der Waals surface area contributed by atoms with Gasteiger partial charge in [0, 0.05) is 24.4 Å². The van der Waals surface area contributed by atoms with Crippen molar-refractivity contribution in [1.29, 1.82) is 0 Å². The first kappa shape index (κ1) is 16.7. The fraction of sp³-hybridized carbons (Fsp3) is 0.929. The molecule has 0 aromatic carbocycles. The second kappa shape index (κ2) is 8.08. The van der Waals surface area contributed by atoms with Crippen LogP contribution in [-0.2, 0) is 4.79 Å². The van der Waals surface area contributed by atoms with Gasteiger partial charge >= 0.3 is 0 Å². The Kier molecular flexibility index (Phi) is 7.11. The molecule has 2 rings (SSSR count). The number of carbonyl (C=O) groups excluding carboxylic acids is 1. The topological polar surface area (TPSA) is 75.4 Å². The van der Waals surface area contributed by atoms with Crippen LogP contribution >= 0.6 is 12.4 Å². The van der Waals surface area contributed by atoms with Crippen molar-refractivity contribution in [2.45, 2.75) is 63.5 Å². The van der Waals surface area contributed by atoms with Crippen molar-refractivity contribution in [3.05, 3.63) is 0 Å². The molecule has 4 N–H and O–H groups in total. The molecule has 0 aliphatic heterocycles. The SMILES string of the molecule is Cl.NC1CCCC(C(=O)NCC2CCCCC2O)C1. The van der Waals surface area contributed by atoms with E-state index in [2.05, 4.69) is 5.32 Å². The van der Waals surface area contributed by atoms with E-state index in [4.69, 9.17) is 5.73 Å². The Hall–Kier alpha value is -0.320. The fourth-order valence-corrected chi connectivity index (χ4v) is 3.27. The summed E-state index contributed by atoms with van der Waals surface area (Å²) in [5.74, 6) is 0.484. The molecule has 112 valence electrons. The van der Waals surface area contributed by atoms with Crippen LogP contribution in [0.5, 0.6) is 0 Å². The number of nitrogens with one attached hydrogen (secondary N) is 1. The van der Waals surface area contributed by atoms with E-state index < -0.39 is 0 Å². The van der Waals surface area contributed by atoms with Crippen molar-refractivity contribution in [2.24, 2.45) is 17.6 Å². The maximum absolute atomic E-state index is 12.0. The van der Waals surface area contributed by atoms with Gasteiger partial charge in [0.2, 0.25) is 5.91 Å². The lowest BCUT2D eigenvalue weighted by molar-refractivity contribution is -0.126. The number of carbonyl (C=O) groups is 1. The van der Waals surface area contributed by atoms with Crippen LogP contribution in [0.15, 0.2) is 0 Å². The molecule has 4 atom stereocenters. The van der Waals surface area contributed by atoms with Gasteiger partial charge in [-0.25, -0.2) is 0 Å². The molecule has 2 saturated carbocycles. The van der Waals surface area contributed by atoms with Crippen molar-refractivity contribution in [2.75, 3.05) is 6.54 Å². The van der Waals surface area contributed by atoms with Gasteiger partial charge in [0.25, 0.3) is 0 Å². The van der Waals surface area contributed by atoms with Gasteiger partial charge in [-0.3, -0.25) is 4.79 Å². The standard InChI is InChI=1S/C14H26N2O2.ClH/c15-12-6-3-5-10(8-12)14(18)16-9-11-4-1-2-7-13(11)17;/h10-13,17H,1-9,15H2,(H,16,18);1H. The summed E-state index contributed by atoms with van der Waals surface area (Å²) in [6.45, 7) is 0.631. The molecule has 0 spiro atoms.